The first kappa shape index (κ1) is 21.3. The summed E-state index contributed by atoms with van der Waals surface area (Å²) in [4.78, 5) is 24.4. The maximum Gasteiger partial charge on any atom is 0.473 e. The number of hydrogen-bond acceptors (Lipinski definition) is 4. The van der Waals surface area contributed by atoms with E-state index in [2.05, 4.69) is 0 Å². The van der Waals surface area contributed by atoms with Crippen LogP contribution in [0.15, 0.2) is 24.3 Å². The summed E-state index contributed by atoms with van der Waals surface area (Å²) < 4.78 is 44.2. The Bertz CT molecular complexity index is 706. The van der Waals surface area contributed by atoms with Gasteiger partial charge in [0, 0.05) is 6.54 Å². The van der Waals surface area contributed by atoms with Crippen molar-refractivity contribution in [2.45, 2.75) is 45.9 Å². The standard InChI is InChI=1S/C17H20F3N3O3/c1-5-9-22(14(24)17(18,19)20)23(15(25)26-16(2,3)4)13-8-6-7-12(10-13)11-21/h6-8,10H,5,9H2,1-4H3. The molecular formula is C17H20F3N3O3. The summed E-state index contributed by atoms with van der Waals surface area (Å²) in [5.41, 5.74) is -0.960. The minimum absolute atomic E-state index is 0.0793. The second-order valence-corrected chi connectivity index (χ2v) is 6.38. The molecule has 0 saturated carbocycles. The lowest BCUT2D eigenvalue weighted by Gasteiger charge is -2.36. The molecule has 6 nitrogen and oxygen atoms in total. The van der Waals surface area contributed by atoms with Crippen LogP contribution in [0.2, 0.25) is 0 Å². The number of carbonyl (C=O) groups is 2. The number of nitriles is 1. The van der Waals surface area contributed by atoms with Gasteiger partial charge in [-0.2, -0.15) is 23.4 Å². The first-order valence-corrected chi connectivity index (χ1v) is 7.82. The number of hydrogen-bond donors (Lipinski definition) is 0. The largest absolute Gasteiger partial charge is 0.473 e. The Morgan fingerprint density at radius 1 is 1.23 bits per heavy atom. The van der Waals surface area contributed by atoms with Crippen LogP contribution >= 0.6 is 0 Å². The predicted molar refractivity (Wildman–Crippen MR) is 87.9 cm³/mol. The Hall–Kier alpha value is -2.76. The highest BCUT2D eigenvalue weighted by molar-refractivity contribution is 5.94. The molecule has 26 heavy (non-hydrogen) atoms. The summed E-state index contributed by atoms with van der Waals surface area (Å²) in [6, 6.07) is 7.18. The molecule has 0 saturated heterocycles. The van der Waals surface area contributed by atoms with Crippen LogP contribution in [0.4, 0.5) is 23.7 Å². The molecule has 0 aromatic heterocycles. The Balaban J connectivity index is 3.47. The number of rotatable bonds is 3. The van der Waals surface area contributed by atoms with Crippen molar-refractivity contribution < 1.29 is 27.5 Å². The van der Waals surface area contributed by atoms with E-state index in [1.165, 1.54) is 24.3 Å². The second-order valence-electron chi connectivity index (χ2n) is 6.38. The molecule has 0 aliphatic carbocycles. The molecule has 0 radical (unpaired) electrons. The molecule has 0 aliphatic rings. The topological polar surface area (TPSA) is 73.6 Å². The van der Waals surface area contributed by atoms with Crippen LogP contribution in [0.5, 0.6) is 0 Å². The zero-order valence-corrected chi connectivity index (χ0v) is 14.9. The third kappa shape index (κ3) is 5.65. The van der Waals surface area contributed by atoms with Gasteiger partial charge in [-0.15, -0.1) is 0 Å². The smallest absolute Gasteiger partial charge is 0.442 e. The van der Waals surface area contributed by atoms with E-state index in [9.17, 15) is 22.8 Å². The van der Waals surface area contributed by atoms with Gasteiger partial charge in [0.25, 0.3) is 0 Å². The minimum atomic E-state index is -5.18. The van der Waals surface area contributed by atoms with Gasteiger partial charge in [-0.3, -0.25) is 4.79 Å². The summed E-state index contributed by atoms with van der Waals surface area (Å²) in [6.45, 7) is 5.84. The summed E-state index contributed by atoms with van der Waals surface area (Å²) >= 11 is 0. The van der Waals surface area contributed by atoms with Crippen molar-refractivity contribution in [3.63, 3.8) is 0 Å². The van der Waals surface area contributed by atoms with Crippen molar-refractivity contribution in [3.8, 4) is 6.07 Å². The molecule has 1 aromatic rings. The van der Waals surface area contributed by atoms with Crippen LogP contribution < -0.4 is 5.01 Å². The monoisotopic (exact) mass is 371 g/mol. The molecule has 0 unspecified atom stereocenters. The molecule has 0 N–H and O–H groups in total. The molecule has 0 aliphatic heterocycles. The molecular weight excluding hydrogens is 351 g/mol. The van der Waals surface area contributed by atoms with E-state index in [1.54, 1.807) is 27.7 Å². The van der Waals surface area contributed by atoms with Crippen LogP contribution in [0.3, 0.4) is 0 Å². The fourth-order valence-corrected chi connectivity index (χ4v) is 2.01. The highest BCUT2D eigenvalue weighted by Crippen LogP contribution is 2.26. The van der Waals surface area contributed by atoms with Gasteiger partial charge in [0.2, 0.25) is 0 Å². The molecule has 1 rings (SSSR count). The third-order valence-electron chi connectivity index (χ3n) is 2.94. The Labute approximate surface area is 149 Å². The molecule has 142 valence electrons. The number of alkyl halides is 3. The quantitative estimate of drug-likeness (QED) is 0.753. The van der Waals surface area contributed by atoms with Crippen molar-refractivity contribution in [1.29, 1.82) is 5.26 Å². The van der Waals surface area contributed by atoms with E-state index in [1.807, 2.05) is 6.07 Å². The van der Waals surface area contributed by atoms with Gasteiger partial charge in [0.15, 0.2) is 0 Å². The molecule has 2 amide bonds. The van der Waals surface area contributed by atoms with Gasteiger partial charge >= 0.3 is 18.2 Å². The lowest BCUT2D eigenvalue weighted by Crippen LogP contribution is -2.55. The van der Waals surface area contributed by atoms with Crippen molar-refractivity contribution in [1.82, 2.24) is 5.01 Å². The maximum atomic E-state index is 13.0. The number of amides is 2. The van der Waals surface area contributed by atoms with Crippen LogP contribution in [0, 0.1) is 11.3 Å². The van der Waals surface area contributed by atoms with Crippen LogP contribution in [0.1, 0.15) is 39.7 Å². The first-order chi connectivity index (χ1) is 11.9. The fourth-order valence-electron chi connectivity index (χ4n) is 2.01. The third-order valence-corrected chi connectivity index (χ3v) is 2.94. The maximum absolute atomic E-state index is 13.0. The molecule has 9 heteroatoms. The van der Waals surface area contributed by atoms with E-state index in [0.29, 0.717) is 5.01 Å². The normalized spacial score (nSPS) is 11.5. The highest BCUT2D eigenvalue weighted by atomic mass is 19.4. The number of anilines is 1. The van der Waals surface area contributed by atoms with Crippen LogP contribution in [-0.4, -0.2) is 35.3 Å². The number of nitrogens with zero attached hydrogens (tertiary/aromatic N) is 3. The fraction of sp³-hybridized carbons (Fsp3) is 0.471. The number of halogens is 3. The van der Waals surface area contributed by atoms with Crippen molar-refractivity contribution in [3.05, 3.63) is 29.8 Å². The van der Waals surface area contributed by atoms with Gasteiger partial charge in [-0.05, 0) is 45.4 Å². The molecule has 0 spiro atoms. The Morgan fingerprint density at radius 3 is 2.31 bits per heavy atom. The lowest BCUT2D eigenvalue weighted by molar-refractivity contribution is -0.186. The first-order valence-electron chi connectivity index (χ1n) is 7.82. The SMILES string of the molecule is CCCN(C(=O)C(F)(F)F)N(C(=O)OC(C)(C)C)c1cccc(C#N)c1. The predicted octanol–water partition coefficient (Wildman–Crippen LogP) is 4.02. The average molecular weight is 371 g/mol. The van der Waals surface area contributed by atoms with Crippen molar-refractivity contribution in [2.75, 3.05) is 11.6 Å². The molecule has 0 fully saturated rings. The zero-order chi connectivity index (χ0) is 20.1. The van der Waals surface area contributed by atoms with Gasteiger partial charge in [-0.25, -0.2) is 9.80 Å². The average Bonchev–Trinajstić information content (AvgIpc) is 2.51. The summed E-state index contributed by atoms with van der Waals surface area (Å²) in [7, 11) is 0. The van der Waals surface area contributed by atoms with E-state index >= 15 is 0 Å². The molecule has 0 bridgehead atoms. The Morgan fingerprint density at radius 2 is 1.85 bits per heavy atom. The molecule has 0 heterocycles. The highest BCUT2D eigenvalue weighted by Gasteiger charge is 2.46. The Kier molecular flexibility index (Phi) is 6.61. The van der Waals surface area contributed by atoms with Gasteiger partial charge in [-0.1, -0.05) is 13.0 Å². The van der Waals surface area contributed by atoms with Gasteiger partial charge in [0.1, 0.15) is 5.60 Å². The number of benzene rings is 1. The van der Waals surface area contributed by atoms with Gasteiger partial charge < -0.3 is 4.74 Å². The second kappa shape index (κ2) is 8.08. The molecule has 1 aromatic carbocycles. The zero-order valence-electron chi connectivity index (χ0n) is 14.9. The van der Waals surface area contributed by atoms with E-state index in [-0.39, 0.29) is 29.2 Å². The number of hydrazine groups is 1. The van der Waals surface area contributed by atoms with E-state index in [0.717, 1.165) is 0 Å². The summed E-state index contributed by atoms with van der Waals surface area (Å²) in [5.74, 6) is -2.20. The minimum Gasteiger partial charge on any atom is -0.442 e. The van der Waals surface area contributed by atoms with Crippen LogP contribution in [-0.2, 0) is 9.53 Å². The summed E-state index contributed by atoms with van der Waals surface area (Å²) in [5, 5.41) is 9.81. The lowest BCUT2D eigenvalue weighted by atomic mass is 10.2. The van der Waals surface area contributed by atoms with Crippen LogP contribution in [0.25, 0.3) is 0 Å². The van der Waals surface area contributed by atoms with Crippen molar-refractivity contribution >= 4 is 17.7 Å². The van der Waals surface area contributed by atoms with E-state index in [4.69, 9.17) is 10.00 Å². The van der Waals surface area contributed by atoms with Gasteiger partial charge in [0.05, 0.1) is 17.3 Å². The van der Waals surface area contributed by atoms with E-state index < -0.39 is 23.8 Å². The number of carbonyl (C=O) groups excluding carboxylic acids is 2. The summed E-state index contributed by atoms with van der Waals surface area (Å²) in [6.07, 6.45) is -6.17. The van der Waals surface area contributed by atoms with Crippen molar-refractivity contribution in [2.24, 2.45) is 0 Å². The number of ether oxygens (including phenoxy) is 1. The molecule has 0 atom stereocenters.